The molecule has 1 unspecified atom stereocenters. The van der Waals surface area contributed by atoms with Gasteiger partial charge < -0.3 is 10.0 Å². The maximum Gasteiger partial charge on any atom is 0.253 e. The van der Waals surface area contributed by atoms with Crippen molar-refractivity contribution >= 4 is 5.91 Å². The number of aliphatic hydroxyl groups is 1. The first-order valence-electron chi connectivity index (χ1n) is 6.87. The zero-order valence-electron chi connectivity index (χ0n) is 11.2. The maximum absolute atomic E-state index is 12.3. The van der Waals surface area contributed by atoms with Gasteiger partial charge in [-0.3, -0.25) is 4.79 Å². The molecule has 1 saturated heterocycles. The molecule has 1 aliphatic heterocycles. The Balaban J connectivity index is 1.78. The second-order valence-electron chi connectivity index (χ2n) is 5.14. The van der Waals surface area contributed by atoms with Gasteiger partial charge in [0.25, 0.3) is 5.91 Å². The third kappa shape index (κ3) is 2.58. The molecule has 1 atom stereocenters. The fraction of sp³-hybridized carbons (Fsp3) is 0.235. The predicted molar refractivity (Wildman–Crippen MR) is 78.4 cm³/mol. The number of benzene rings is 2. The molecule has 1 amide bonds. The molecule has 0 bridgehead atoms. The van der Waals surface area contributed by atoms with Crippen LogP contribution in [0.1, 0.15) is 16.8 Å². The minimum absolute atomic E-state index is 0.00108. The Bertz CT molecular complexity index is 592. The van der Waals surface area contributed by atoms with Gasteiger partial charge in [0.2, 0.25) is 0 Å². The number of rotatable bonds is 2. The number of nitrogens with zero attached hydrogens (tertiary/aromatic N) is 1. The Morgan fingerprint density at radius 3 is 2.25 bits per heavy atom. The van der Waals surface area contributed by atoms with Crippen LogP contribution in [0.3, 0.4) is 0 Å². The minimum Gasteiger partial charge on any atom is -0.391 e. The van der Waals surface area contributed by atoms with E-state index in [1.165, 1.54) is 0 Å². The lowest BCUT2D eigenvalue weighted by molar-refractivity contribution is 0.0765. The largest absolute Gasteiger partial charge is 0.391 e. The van der Waals surface area contributed by atoms with Gasteiger partial charge in [0.1, 0.15) is 0 Å². The molecule has 3 nitrogen and oxygen atoms in total. The number of hydrogen-bond donors (Lipinski definition) is 1. The first-order chi connectivity index (χ1) is 9.74. The van der Waals surface area contributed by atoms with Crippen molar-refractivity contribution < 1.29 is 9.90 Å². The molecular formula is C17H17NO2. The molecule has 1 heterocycles. The molecule has 0 saturated carbocycles. The quantitative estimate of drug-likeness (QED) is 0.908. The van der Waals surface area contributed by atoms with Gasteiger partial charge in [-0.05, 0) is 29.7 Å². The Kier molecular flexibility index (Phi) is 3.52. The van der Waals surface area contributed by atoms with Gasteiger partial charge in [-0.25, -0.2) is 0 Å². The molecule has 0 aliphatic carbocycles. The van der Waals surface area contributed by atoms with Crippen LogP contribution in [0.15, 0.2) is 54.6 Å². The molecule has 3 heteroatoms. The van der Waals surface area contributed by atoms with E-state index in [2.05, 4.69) is 0 Å². The Morgan fingerprint density at radius 2 is 1.65 bits per heavy atom. The van der Waals surface area contributed by atoms with E-state index >= 15 is 0 Å². The highest BCUT2D eigenvalue weighted by molar-refractivity contribution is 5.94. The Morgan fingerprint density at radius 1 is 1.00 bits per heavy atom. The third-order valence-electron chi connectivity index (χ3n) is 3.69. The zero-order valence-corrected chi connectivity index (χ0v) is 11.2. The van der Waals surface area contributed by atoms with E-state index in [4.69, 9.17) is 0 Å². The molecule has 3 rings (SSSR count). The fourth-order valence-electron chi connectivity index (χ4n) is 2.54. The summed E-state index contributed by atoms with van der Waals surface area (Å²) in [6.07, 6.45) is 0.302. The summed E-state index contributed by atoms with van der Waals surface area (Å²) in [4.78, 5) is 14.0. The number of carbonyl (C=O) groups excluding carboxylic acids is 1. The van der Waals surface area contributed by atoms with Gasteiger partial charge in [0.15, 0.2) is 0 Å². The highest BCUT2D eigenvalue weighted by Gasteiger charge is 2.25. The van der Waals surface area contributed by atoms with Crippen LogP contribution in [0.25, 0.3) is 11.1 Å². The van der Waals surface area contributed by atoms with Crippen LogP contribution in [-0.4, -0.2) is 35.1 Å². The van der Waals surface area contributed by atoms with E-state index in [0.29, 0.717) is 25.1 Å². The van der Waals surface area contributed by atoms with Crippen LogP contribution in [0.2, 0.25) is 0 Å². The average molecular weight is 267 g/mol. The third-order valence-corrected chi connectivity index (χ3v) is 3.69. The monoisotopic (exact) mass is 267 g/mol. The van der Waals surface area contributed by atoms with Crippen LogP contribution < -0.4 is 0 Å². The summed E-state index contributed by atoms with van der Waals surface area (Å²) in [7, 11) is 0. The number of carbonyl (C=O) groups is 1. The summed E-state index contributed by atoms with van der Waals surface area (Å²) in [5.41, 5.74) is 2.92. The van der Waals surface area contributed by atoms with Crippen molar-refractivity contribution in [2.24, 2.45) is 0 Å². The van der Waals surface area contributed by atoms with Crippen molar-refractivity contribution in [3.8, 4) is 11.1 Å². The normalized spacial score (nSPS) is 18.2. The van der Waals surface area contributed by atoms with Gasteiger partial charge in [-0.15, -0.1) is 0 Å². The van der Waals surface area contributed by atoms with Gasteiger partial charge in [-0.2, -0.15) is 0 Å². The van der Waals surface area contributed by atoms with Crippen molar-refractivity contribution in [3.05, 3.63) is 60.2 Å². The van der Waals surface area contributed by atoms with Crippen molar-refractivity contribution in [2.75, 3.05) is 13.1 Å². The van der Waals surface area contributed by atoms with Gasteiger partial charge >= 0.3 is 0 Å². The van der Waals surface area contributed by atoms with Crippen LogP contribution in [0.4, 0.5) is 0 Å². The van der Waals surface area contributed by atoms with Crippen LogP contribution in [0, 0.1) is 0 Å². The molecule has 0 aromatic heterocycles. The highest BCUT2D eigenvalue weighted by atomic mass is 16.3. The second kappa shape index (κ2) is 5.47. The summed E-state index contributed by atoms with van der Waals surface area (Å²) >= 11 is 0. The summed E-state index contributed by atoms with van der Waals surface area (Å²) in [5.74, 6) is 0.00108. The van der Waals surface area contributed by atoms with Gasteiger partial charge in [-0.1, -0.05) is 42.5 Å². The standard InChI is InChI=1S/C17H17NO2/c19-16-10-11-18(12-16)17(20)15-8-6-14(7-9-15)13-4-2-1-3-5-13/h1-9,16,19H,10-12H2. The molecule has 1 aliphatic rings. The summed E-state index contributed by atoms with van der Waals surface area (Å²) in [6, 6.07) is 17.7. The number of amides is 1. The summed E-state index contributed by atoms with van der Waals surface area (Å²) < 4.78 is 0. The molecule has 2 aromatic carbocycles. The summed E-state index contributed by atoms with van der Waals surface area (Å²) in [6.45, 7) is 1.08. The first-order valence-corrected chi connectivity index (χ1v) is 6.87. The van der Waals surface area contributed by atoms with E-state index in [1.807, 2.05) is 54.6 Å². The lowest BCUT2D eigenvalue weighted by Crippen LogP contribution is -2.29. The van der Waals surface area contributed by atoms with Crippen molar-refractivity contribution in [1.82, 2.24) is 4.90 Å². The fourth-order valence-corrected chi connectivity index (χ4v) is 2.54. The number of hydrogen-bond acceptors (Lipinski definition) is 2. The van der Waals surface area contributed by atoms with E-state index in [0.717, 1.165) is 11.1 Å². The highest BCUT2D eigenvalue weighted by Crippen LogP contribution is 2.20. The van der Waals surface area contributed by atoms with Crippen LogP contribution in [0.5, 0.6) is 0 Å². The number of aliphatic hydroxyl groups excluding tert-OH is 1. The SMILES string of the molecule is O=C(c1ccc(-c2ccccc2)cc1)N1CCC(O)C1. The molecule has 1 N–H and O–H groups in total. The molecule has 2 aromatic rings. The van der Waals surface area contributed by atoms with Gasteiger partial charge in [0, 0.05) is 18.7 Å². The smallest absolute Gasteiger partial charge is 0.253 e. The van der Waals surface area contributed by atoms with E-state index in [1.54, 1.807) is 4.90 Å². The topological polar surface area (TPSA) is 40.5 Å². The van der Waals surface area contributed by atoms with E-state index < -0.39 is 0 Å². The molecule has 102 valence electrons. The van der Waals surface area contributed by atoms with Crippen LogP contribution in [-0.2, 0) is 0 Å². The molecule has 20 heavy (non-hydrogen) atoms. The second-order valence-corrected chi connectivity index (χ2v) is 5.14. The summed E-state index contributed by atoms with van der Waals surface area (Å²) in [5, 5.41) is 9.49. The first kappa shape index (κ1) is 12.9. The molecular weight excluding hydrogens is 250 g/mol. The molecule has 0 spiro atoms. The van der Waals surface area contributed by atoms with Crippen molar-refractivity contribution in [1.29, 1.82) is 0 Å². The molecule has 1 fully saturated rings. The average Bonchev–Trinajstić information content (AvgIpc) is 2.94. The number of likely N-dealkylation sites (tertiary alicyclic amines) is 1. The van der Waals surface area contributed by atoms with Crippen molar-refractivity contribution in [3.63, 3.8) is 0 Å². The Hall–Kier alpha value is -2.13. The van der Waals surface area contributed by atoms with E-state index in [-0.39, 0.29) is 12.0 Å². The number of β-amino-alcohol motifs (C(OH)–C–C–N with tert-alkyl or cyclic N) is 1. The predicted octanol–water partition coefficient (Wildman–Crippen LogP) is 2.56. The maximum atomic E-state index is 12.3. The van der Waals surface area contributed by atoms with Crippen molar-refractivity contribution in [2.45, 2.75) is 12.5 Å². The minimum atomic E-state index is -0.373. The lowest BCUT2D eigenvalue weighted by Gasteiger charge is -2.15. The lowest BCUT2D eigenvalue weighted by atomic mass is 10.0. The Labute approximate surface area is 118 Å². The zero-order chi connectivity index (χ0) is 13.9. The van der Waals surface area contributed by atoms with Crippen LogP contribution >= 0.6 is 0 Å². The van der Waals surface area contributed by atoms with E-state index in [9.17, 15) is 9.90 Å². The molecule has 0 radical (unpaired) electrons. The van der Waals surface area contributed by atoms with Gasteiger partial charge in [0.05, 0.1) is 6.10 Å².